The third kappa shape index (κ3) is 0.357. The van der Waals surface area contributed by atoms with Gasteiger partial charge in [0.05, 0.1) is 0 Å². The van der Waals surface area contributed by atoms with Gasteiger partial charge in [0.1, 0.15) is 0 Å². The van der Waals surface area contributed by atoms with E-state index < -0.39 is 17.9 Å². The van der Waals surface area contributed by atoms with Crippen molar-refractivity contribution < 1.29 is 22.7 Å². The van der Waals surface area contributed by atoms with E-state index in [1.165, 1.54) is 0 Å². The Hall–Kier alpha value is -0.320. The molecule has 0 bridgehead atoms. The largest absolute Gasteiger partial charge is 0.348 e. The van der Waals surface area contributed by atoms with Crippen molar-refractivity contribution in [1.29, 1.82) is 0 Å². The second-order valence-electron chi connectivity index (χ2n) is 1.63. The van der Waals surface area contributed by atoms with Crippen molar-refractivity contribution in [2.45, 2.75) is 17.9 Å². The van der Waals surface area contributed by atoms with Gasteiger partial charge in [-0.25, -0.2) is 5.11 Å². The molecular formula is C3HF4O. The van der Waals surface area contributed by atoms with Crippen molar-refractivity contribution in [3.05, 3.63) is 0 Å². The lowest BCUT2D eigenvalue weighted by Gasteiger charge is -1.86. The van der Waals surface area contributed by atoms with Crippen LogP contribution in [0.2, 0.25) is 0 Å². The molecule has 1 aliphatic rings. The molecule has 1 fully saturated rings. The lowest BCUT2D eigenvalue weighted by molar-refractivity contribution is -0.0278. The summed E-state index contributed by atoms with van der Waals surface area (Å²) in [7, 11) is 0. The van der Waals surface area contributed by atoms with Gasteiger partial charge in [0.2, 0.25) is 6.10 Å². The first-order valence-corrected chi connectivity index (χ1v) is 1.82. The standard InChI is InChI=1S/C3HF4O/c4-2(5)1(8)3(2,6)7/h1H. The highest BCUT2D eigenvalue weighted by molar-refractivity contribution is 5.14. The van der Waals surface area contributed by atoms with Gasteiger partial charge in [-0.2, -0.15) is 17.6 Å². The third-order valence-electron chi connectivity index (χ3n) is 1.02. The maximum Gasteiger partial charge on any atom is 0.348 e. The van der Waals surface area contributed by atoms with Crippen LogP contribution >= 0.6 is 0 Å². The summed E-state index contributed by atoms with van der Waals surface area (Å²) in [6, 6.07) is 0. The summed E-state index contributed by atoms with van der Waals surface area (Å²) in [5.41, 5.74) is 0. The van der Waals surface area contributed by atoms with Gasteiger partial charge in [0, 0.05) is 0 Å². The second kappa shape index (κ2) is 1.00. The molecule has 0 aromatic rings. The second-order valence-corrected chi connectivity index (χ2v) is 1.63. The summed E-state index contributed by atoms with van der Waals surface area (Å²) in [4.78, 5) is 0. The van der Waals surface area contributed by atoms with Gasteiger partial charge in [-0.3, -0.25) is 0 Å². The van der Waals surface area contributed by atoms with Crippen molar-refractivity contribution in [2.75, 3.05) is 0 Å². The molecule has 8 heavy (non-hydrogen) atoms. The molecule has 0 aromatic carbocycles. The van der Waals surface area contributed by atoms with E-state index in [9.17, 15) is 22.7 Å². The first-order valence-electron chi connectivity index (χ1n) is 1.82. The Morgan fingerprint density at radius 2 is 1.12 bits per heavy atom. The molecule has 0 atom stereocenters. The summed E-state index contributed by atoms with van der Waals surface area (Å²) in [5.74, 6) is -8.57. The summed E-state index contributed by atoms with van der Waals surface area (Å²) in [5, 5.41) is 9.44. The Morgan fingerprint density at radius 3 is 1.12 bits per heavy atom. The molecule has 0 heterocycles. The summed E-state index contributed by atoms with van der Waals surface area (Å²) in [6.07, 6.45) is -3.00. The quantitative estimate of drug-likeness (QED) is 0.436. The molecule has 1 aliphatic carbocycles. The van der Waals surface area contributed by atoms with Crippen LogP contribution in [0.5, 0.6) is 0 Å². The number of hydrogen-bond acceptors (Lipinski definition) is 0. The molecule has 1 rings (SSSR count). The van der Waals surface area contributed by atoms with Gasteiger partial charge in [0.15, 0.2) is 0 Å². The summed E-state index contributed by atoms with van der Waals surface area (Å²) < 4.78 is 45.0. The molecule has 0 unspecified atom stereocenters. The molecule has 0 saturated heterocycles. The van der Waals surface area contributed by atoms with Crippen LogP contribution in [0, 0.1) is 0 Å². The van der Waals surface area contributed by atoms with Crippen molar-refractivity contribution in [1.82, 2.24) is 0 Å². The fraction of sp³-hybridized carbons (Fsp3) is 1.00. The van der Waals surface area contributed by atoms with E-state index in [-0.39, 0.29) is 0 Å². The van der Waals surface area contributed by atoms with Crippen molar-refractivity contribution in [3.63, 3.8) is 0 Å². The highest BCUT2D eigenvalue weighted by atomic mass is 19.3. The van der Waals surface area contributed by atoms with E-state index in [0.29, 0.717) is 0 Å². The topological polar surface area (TPSA) is 19.9 Å². The van der Waals surface area contributed by atoms with E-state index in [2.05, 4.69) is 0 Å². The zero-order valence-electron chi connectivity index (χ0n) is 3.50. The van der Waals surface area contributed by atoms with Crippen LogP contribution in [0.1, 0.15) is 0 Å². The average molecular weight is 129 g/mol. The van der Waals surface area contributed by atoms with Gasteiger partial charge in [-0.1, -0.05) is 0 Å². The predicted molar refractivity (Wildman–Crippen MR) is 14.4 cm³/mol. The Labute approximate surface area is 41.9 Å². The predicted octanol–water partition coefficient (Wildman–Crippen LogP) is 1.07. The Balaban J connectivity index is 2.72. The van der Waals surface area contributed by atoms with E-state index in [0.717, 1.165) is 0 Å². The molecule has 0 spiro atoms. The molecule has 1 nitrogen and oxygen atoms in total. The number of rotatable bonds is 0. The minimum atomic E-state index is -4.28. The number of alkyl halides is 4. The van der Waals surface area contributed by atoms with Gasteiger partial charge in [-0.15, -0.1) is 0 Å². The van der Waals surface area contributed by atoms with Gasteiger partial charge in [-0.05, 0) is 0 Å². The van der Waals surface area contributed by atoms with Crippen LogP contribution in [0.3, 0.4) is 0 Å². The van der Waals surface area contributed by atoms with Crippen molar-refractivity contribution >= 4 is 0 Å². The summed E-state index contributed by atoms with van der Waals surface area (Å²) in [6.45, 7) is 0. The lowest BCUT2D eigenvalue weighted by atomic mass is 10.8. The van der Waals surface area contributed by atoms with Crippen LogP contribution in [0.25, 0.3) is 0 Å². The molecule has 0 amide bonds. The van der Waals surface area contributed by atoms with E-state index in [1.807, 2.05) is 0 Å². The van der Waals surface area contributed by atoms with E-state index in [4.69, 9.17) is 0 Å². The zero-order valence-corrected chi connectivity index (χ0v) is 3.50. The highest BCUT2D eigenvalue weighted by Gasteiger charge is 2.87. The SMILES string of the molecule is [O]C1C(F)(F)C1(F)F. The van der Waals surface area contributed by atoms with E-state index >= 15 is 0 Å². The average Bonchev–Trinajstić information content (AvgIpc) is 1.88. The number of halogens is 4. The molecule has 0 aromatic heterocycles. The highest BCUT2D eigenvalue weighted by Crippen LogP contribution is 2.57. The summed E-state index contributed by atoms with van der Waals surface area (Å²) >= 11 is 0. The Morgan fingerprint density at radius 1 is 1.00 bits per heavy atom. The molecule has 47 valence electrons. The minimum Gasteiger partial charge on any atom is -0.219 e. The fourth-order valence-corrected chi connectivity index (χ4v) is 0.315. The van der Waals surface area contributed by atoms with Crippen molar-refractivity contribution in [3.8, 4) is 0 Å². The Bertz CT molecular complexity index is 106. The van der Waals surface area contributed by atoms with Crippen LogP contribution in [0.4, 0.5) is 17.6 Å². The lowest BCUT2D eigenvalue weighted by Crippen LogP contribution is -2.02. The molecule has 1 radical (unpaired) electrons. The molecule has 1 saturated carbocycles. The van der Waals surface area contributed by atoms with E-state index in [1.54, 1.807) is 0 Å². The molecule has 0 aliphatic heterocycles. The molecule has 0 N–H and O–H groups in total. The smallest absolute Gasteiger partial charge is 0.219 e. The van der Waals surface area contributed by atoms with Crippen molar-refractivity contribution in [2.24, 2.45) is 0 Å². The normalized spacial score (nSPS) is 32.6. The van der Waals surface area contributed by atoms with Gasteiger partial charge in [0.25, 0.3) is 0 Å². The van der Waals surface area contributed by atoms with Crippen LogP contribution in [-0.4, -0.2) is 17.9 Å². The maximum absolute atomic E-state index is 11.2. The first kappa shape index (κ1) is 5.81. The Kier molecular flexibility index (Phi) is 0.726. The van der Waals surface area contributed by atoms with Gasteiger partial charge < -0.3 is 0 Å². The van der Waals surface area contributed by atoms with Gasteiger partial charge >= 0.3 is 11.8 Å². The van der Waals surface area contributed by atoms with Crippen LogP contribution in [-0.2, 0) is 5.11 Å². The first-order chi connectivity index (χ1) is 3.40. The monoisotopic (exact) mass is 129 g/mol. The third-order valence-corrected chi connectivity index (χ3v) is 1.02. The maximum atomic E-state index is 11.2. The van der Waals surface area contributed by atoms with Crippen LogP contribution < -0.4 is 0 Å². The fourth-order valence-electron chi connectivity index (χ4n) is 0.315. The number of hydrogen-bond donors (Lipinski definition) is 0. The molecular weight excluding hydrogens is 128 g/mol. The van der Waals surface area contributed by atoms with Crippen LogP contribution in [0.15, 0.2) is 0 Å². The molecule has 5 heteroatoms. The zero-order chi connectivity index (χ0) is 6.58. The minimum absolute atomic E-state index is 3.00.